The standard InChI is InChI=1S/C27H31ClFN5O.CH4/c1-34(2)26-21-5-3-4-6-23(21)32-27(33-26)31-20-10-7-17(8-11-20)14-30-15-18-16-35-24-12-9-19(29)13-22(24)25(18)28;/h3-6,9,12-13,17,20,30H,7-8,10-11,14-16H2,1-2H3,(H,31,32,33);1H4. The number of nitrogens with one attached hydrogen (secondary N) is 2. The fraction of sp³-hybridized carbons (Fsp3) is 0.429. The number of halogens is 2. The van der Waals surface area contributed by atoms with Crippen molar-refractivity contribution in [3.63, 3.8) is 0 Å². The van der Waals surface area contributed by atoms with Gasteiger partial charge in [0, 0.05) is 43.2 Å². The summed E-state index contributed by atoms with van der Waals surface area (Å²) < 4.78 is 19.4. The van der Waals surface area contributed by atoms with Crippen molar-refractivity contribution in [2.24, 2.45) is 5.92 Å². The van der Waals surface area contributed by atoms with Gasteiger partial charge in [-0.15, -0.1) is 0 Å². The van der Waals surface area contributed by atoms with Crippen LogP contribution in [0.4, 0.5) is 16.2 Å². The molecule has 0 radical (unpaired) electrons. The summed E-state index contributed by atoms with van der Waals surface area (Å²) in [4.78, 5) is 11.6. The molecule has 8 heteroatoms. The van der Waals surface area contributed by atoms with Crippen molar-refractivity contribution >= 4 is 39.3 Å². The summed E-state index contributed by atoms with van der Waals surface area (Å²) in [5, 5.41) is 8.77. The normalized spacial score (nSPS) is 19.3. The number of rotatable bonds is 7. The number of fused-ring (bicyclic) bond motifs is 2. The molecule has 2 aliphatic rings. The first-order valence-electron chi connectivity index (χ1n) is 12.2. The van der Waals surface area contributed by atoms with Crippen molar-refractivity contribution < 1.29 is 9.13 Å². The van der Waals surface area contributed by atoms with E-state index in [9.17, 15) is 4.39 Å². The molecule has 1 aliphatic carbocycles. The van der Waals surface area contributed by atoms with E-state index in [1.807, 2.05) is 37.2 Å². The van der Waals surface area contributed by atoms with Crippen molar-refractivity contribution in [2.75, 3.05) is 44.0 Å². The predicted molar refractivity (Wildman–Crippen MR) is 148 cm³/mol. The molecule has 2 N–H and O–H groups in total. The Morgan fingerprint density at radius 1 is 1.08 bits per heavy atom. The zero-order valence-electron chi connectivity index (χ0n) is 20.2. The maximum Gasteiger partial charge on any atom is 0.225 e. The second kappa shape index (κ2) is 11.4. The maximum absolute atomic E-state index is 13.6. The first-order chi connectivity index (χ1) is 17.0. The van der Waals surface area contributed by atoms with Crippen molar-refractivity contribution in [3.05, 3.63) is 59.4 Å². The first kappa shape index (κ1) is 26.2. The van der Waals surface area contributed by atoms with E-state index in [-0.39, 0.29) is 13.2 Å². The van der Waals surface area contributed by atoms with Gasteiger partial charge in [0.25, 0.3) is 0 Å². The van der Waals surface area contributed by atoms with Gasteiger partial charge in [0.15, 0.2) is 0 Å². The third-order valence-corrected chi connectivity index (χ3v) is 7.32. The molecule has 2 heterocycles. The monoisotopic (exact) mass is 511 g/mol. The van der Waals surface area contributed by atoms with Crippen molar-refractivity contribution in [1.29, 1.82) is 0 Å². The molecular weight excluding hydrogens is 477 g/mol. The largest absolute Gasteiger partial charge is 0.488 e. The van der Waals surface area contributed by atoms with E-state index in [1.54, 1.807) is 6.07 Å². The van der Waals surface area contributed by atoms with Crippen molar-refractivity contribution in [3.8, 4) is 5.75 Å². The Balaban J connectivity index is 0.00000304. The van der Waals surface area contributed by atoms with Crippen LogP contribution in [0.1, 0.15) is 38.7 Å². The van der Waals surface area contributed by atoms with Crippen LogP contribution in [0.25, 0.3) is 15.9 Å². The number of para-hydroxylation sites is 1. The minimum Gasteiger partial charge on any atom is -0.488 e. The second-order valence-electron chi connectivity index (χ2n) is 9.62. The highest BCUT2D eigenvalue weighted by molar-refractivity contribution is 6.49. The van der Waals surface area contributed by atoms with E-state index in [0.717, 1.165) is 54.5 Å². The molecule has 0 atom stereocenters. The highest BCUT2D eigenvalue weighted by atomic mass is 35.5. The van der Waals surface area contributed by atoms with E-state index in [0.29, 0.717) is 47.4 Å². The number of aromatic nitrogens is 2. The van der Waals surface area contributed by atoms with Gasteiger partial charge in [0.2, 0.25) is 5.95 Å². The SMILES string of the molecule is C.CN(C)c1nc(NC2CCC(CNCC3=C(Cl)c4cc(F)ccc4OC3)CC2)nc2ccccc12. The molecule has 1 aromatic heterocycles. The molecule has 5 rings (SSSR count). The summed E-state index contributed by atoms with van der Waals surface area (Å²) in [6.07, 6.45) is 4.43. The lowest BCUT2D eigenvalue weighted by atomic mass is 9.86. The molecule has 192 valence electrons. The lowest BCUT2D eigenvalue weighted by molar-refractivity contribution is 0.319. The van der Waals surface area contributed by atoms with Crippen molar-refractivity contribution in [2.45, 2.75) is 39.2 Å². The number of benzene rings is 2. The average molecular weight is 512 g/mol. The predicted octanol–water partition coefficient (Wildman–Crippen LogP) is 6.07. The summed E-state index contributed by atoms with van der Waals surface area (Å²) in [5.41, 5.74) is 2.55. The Bertz CT molecular complexity index is 1240. The van der Waals surface area contributed by atoms with Gasteiger partial charge >= 0.3 is 0 Å². The molecule has 0 unspecified atom stereocenters. The van der Waals surface area contributed by atoms with Crippen LogP contribution in [0.15, 0.2) is 48.0 Å². The Hall–Kier alpha value is -2.90. The number of hydrogen-bond donors (Lipinski definition) is 2. The van der Waals surface area contributed by atoms with E-state index >= 15 is 0 Å². The van der Waals surface area contributed by atoms with Crippen LogP contribution in [-0.4, -0.2) is 49.8 Å². The van der Waals surface area contributed by atoms with E-state index < -0.39 is 0 Å². The van der Waals surface area contributed by atoms with Crippen LogP contribution in [0.2, 0.25) is 0 Å². The molecule has 0 saturated heterocycles. The summed E-state index contributed by atoms with van der Waals surface area (Å²) in [6, 6.07) is 13.0. The van der Waals surface area contributed by atoms with Crippen LogP contribution in [0.5, 0.6) is 5.75 Å². The summed E-state index contributed by atoms with van der Waals surface area (Å²) in [5.74, 6) is 2.57. The minimum absolute atomic E-state index is 0. The van der Waals surface area contributed by atoms with Gasteiger partial charge in [0.05, 0.1) is 10.5 Å². The molecule has 3 aromatic rings. The van der Waals surface area contributed by atoms with Gasteiger partial charge in [-0.3, -0.25) is 0 Å². The third-order valence-electron chi connectivity index (χ3n) is 6.85. The molecule has 1 fully saturated rings. The average Bonchev–Trinajstić information content (AvgIpc) is 2.86. The topological polar surface area (TPSA) is 62.3 Å². The molecule has 0 bridgehead atoms. The molecule has 0 amide bonds. The van der Waals surface area contributed by atoms with Gasteiger partial charge in [-0.1, -0.05) is 31.2 Å². The van der Waals surface area contributed by atoms with E-state index in [4.69, 9.17) is 26.3 Å². The van der Waals surface area contributed by atoms with Crippen LogP contribution in [-0.2, 0) is 0 Å². The fourth-order valence-corrected chi connectivity index (χ4v) is 5.20. The van der Waals surface area contributed by atoms with Crippen LogP contribution < -0.4 is 20.3 Å². The number of ether oxygens (including phenoxy) is 1. The molecule has 1 saturated carbocycles. The maximum atomic E-state index is 13.6. The summed E-state index contributed by atoms with van der Waals surface area (Å²) in [7, 11) is 4.02. The van der Waals surface area contributed by atoms with Crippen molar-refractivity contribution in [1.82, 2.24) is 15.3 Å². The van der Waals surface area contributed by atoms with Gasteiger partial charge < -0.3 is 20.3 Å². The summed E-state index contributed by atoms with van der Waals surface area (Å²) in [6.45, 7) is 2.00. The zero-order chi connectivity index (χ0) is 24.4. The Labute approximate surface area is 217 Å². The first-order valence-corrected chi connectivity index (χ1v) is 12.6. The van der Waals surface area contributed by atoms with Gasteiger partial charge in [0.1, 0.15) is 24.0 Å². The quantitative estimate of drug-likeness (QED) is 0.401. The smallest absolute Gasteiger partial charge is 0.225 e. The highest BCUT2D eigenvalue weighted by Crippen LogP contribution is 2.36. The van der Waals surface area contributed by atoms with E-state index in [1.165, 1.54) is 12.1 Å². The number of hydrogen-bond acceptors (Lipinski definition) is 6. The summed E-state index contributed by atoms with van der Waals surface area (Å²) >= 11 is 6.54. The second-order valence-corrected chi connectivity index (χ2v) is 10.00. The van der Waals surface area contributed by atoms with Crippen LogP contribution >= 0.6 is 11.6 Å². The molecule has 36 heavy (non-hydrogen) atoms. The lowest BCUT2D eigenvalue weighted by Crippen LogP contribution is -2.33. The van der Waals surface area contributed by atoms with E-state index in [2.05, 4.69) is 16.7 Å². The molecule has 0 spiro atoms. The molecule has 2 aromatic carbocycles. The fourth-order valence-electron chi connectivity index (χ4n) is 4.93. The Kier molecular flexibility index (Phi) is 8.32. The Morgan fingerprint density at radius 2 is 1.86 bits per heavy atom. The minimum atomic E-state index is -0.308. The molecule has 6 nitrogen and oxygen atoms in total. The van der Waals surface area contributed by atoms with Gasteiger partial charge in [-0.2, -0.15) is 4.98 Å². The Morgan fingerprint density at radius 3 is 2.64 bits per heavy atom. The number of anilines is 2. The highest BCUT2D eigenvalue weighted by Gasteiger charge is 2.23. The zero-order valence-corrected chi connectivity index (χ0v) is 20.9. The van der Waals surface area contributed by atoms with Crippen LogP contribution in [0.3, 0.4) is 0 Å². The molecule has 1 aliphatic heterocycles. The third kappa shape index (κ3) is 5.73. The molecular formula is C28H35ClFN5O. The van der Waals surface area contributed by atoms with Gasteiger partial charge in [-0.05, 0) is 68.5 Å². The lowest BCUT2D eigenvalue weighted by Gasteiger charge is -2.30. The number of nitrogens with zero attached hydrogens (tertiary/aromatic N) is 3. The van der Waals surface area contributed by atoms with Gasteiger partial charge in [-0.25, -0.2) is 9.37 Å². The van der Waals surface area contributed by atoms with Crippen LogP contribution in [0, 0.1) is 11.7 Å².